The van der Waals surface area contributed by atoms with Crippen LogP contribution >= 0.6 is 0 Å². The Hall–Kier alpha value is -4.11. The Kier molecular flexibility index (Phi) is 7.81. The van der Waals surface area contributed by atoms with Gasteiger partial charge in [0.2, 0.25) is 11.7 Å². The molecule has 0 saturated heterocycles. The molecule has 0 unspecified atom stereocenters. The van der Waals surface area contributed by atoms with E-state index in [2.05, 4.69) is 5.32 Å². The van der Waals surface area contributed by atoms with E-state index in [1.165, 1.54) is 32.1 Å². The number of rotatable bonds is 3. The number of aryl methyl sites for hydroxylation is 1. The summed E-state index contributed by atoms with van der Waals surface area (Å²) in [5.41, 5.74) is -2.45. The fourth-order valence-corrected chi connectivity index (χ4v) is 5.31. The van der Waals surface area contributed by atoms with Crippen molar-refractivity contribution in [1.82, 2.24) is 5.32 Å². The van der Waals surface area contributed by atoms with E-state index in [4.69, 9.17) is 4.74 Å². The van der Waals surface area contributed by atoms with E-state index in [1.807, 2.05) is 6.92 Å². The van der Waals surface area contributed by atoms with E-state index in [0.717, 1.165) is 11.6 Å². The number of benzene rings is 1. The number of nitrogens with one attached hydrogen (secondary N) is 1. The van der Waals surface area contributed by atoms with E-state index < -0.39 is 58.3 Å². The van der Waals surface area contributed by atoms with Gasteiger partial charge in [-0.15, -0.1) is 0 Å². The number of esters is 1. The van der Waals surface area contributed by atoms with Gasteiger partial charge in [0, 0.05) is 29.2 Å². The molecule has 9 nitrogen and oxygen atoms in total. The summed E-state index contributed by atoms with van der Waals surface area (Å²) in [5.74, 6) is -4.41. The molecule has 1 aliphatic carbocycles. The van der Waals surface area contributed by atoms with Crippen molar-refractivity contribution in [3.05, 3.63) is 75.5 Å². The summed E-state index contributed by atoms with van der Waals surface area (Å²) >= 11 is 0. The molecular formula is C31H33NO8. The van der Waals surface area contributed by atoms with Crippen LogP contribution in [0.15, 0.2) is 53.3 Å². The molecule has 0 aromatic heterocycles. The van der Waals surface area contributed by atoms with Crippen molar-refractivity contribution in [1.29, 1.82) is 0 Å². The van der Waals surface area contributed by atoms with Crippen LogP contribution in [0.2, 0.25) is 0 Å². The Balaban J connectivity index is 2.02. The third-order valence-electron chi connectivity index (χ3n) is 7.63. The molecule has 2 heterocycles. The van der Waals surface area contributed by atoms with Gasteiger partial charge in [0.25, 0.3) is 0 Å². The minimum atomic E-state index is -1.95. The molecule has 210 valence electrons. The van der Waals surface area contributed by atoms with Gasteiger partial charge in [0.15, 0.2) is 11.6 Å². The Morgan fingerprint density at radius 3 is 2.50 bits per heavy atom. The molecule has 2 aliphatic heterocycles. The van der Waals surface area contributed by atoms with Crippen molar-refractivity contribution in [2.45, 2.75) is 66.1 Å². The maximum absolute atomic E-state index is 14.2. The molecule has 0 saturated carbocycles. The van der Waals surface area contributed by atoms with Gasteiger partial charge in [0.05, 0.1) is 11.3 Å². The van der Waals surface area contributed by atoms with E-state index in [0.29, 0.717) is 12.8 Å². The highest BCUT2D eigenvalue weighted by molar-refractivity contribution is 6.32. The zero-order chi connectivity index (χ0) is 29.5. The molecule has 3 aliphatic rings. The van der Waals surface area contributed by atoms with Crippen LogP contribution < -0.4 is 5.32 Å². The lowest BCUT2D eigenvalue weighted by Crippen LogP contribution is -2.42. The molecule has 2 bridgehead atoms. The summed E-state index contributed by atoms with van der Waals surface area (Å²) in [6.45, 7) is 8.32. The lowest BCUT2D eigenvalue weighted by atomic mass is 9.71. The first-order valence-corrected chi connectivity index (χ1v) is 13.3. The first-order valence-electron chi connectivity index (χ1n) is 13.3. The third kappa shape index (κ3) is 4.97. The van der Waals surface area contributed by atoms with Crippen LogP contribution in [0.4, 0.5) is 0 Å². The number of aliphatic hydroxyl groups excluding tert-OH is 1. The average molecular weight is 548 g/mol. The number of ether oxygens (including phenoxy) is 1. The fourth-order valence-electron chi connectivity index (χ4n) is 5.31. The second-order valence-corrected chi connectivity index (χ2v) is 10.9. The molecule has 40 heavy (non-hydrogen) atoms. The second kappa shape index (κ2) is 10.8. The number of aliphatic hydroxyl groups is 1. The molecule has 3 N–H and O–H groups in total. The van der Waals surface area contributed by atoms with Crippen LogP contribution in [0.25, 0.3) is 0 Å². The van der Waals surface area contributed by atoms with Crippen LogP contribution in [0.5, 0.6) is 5.75 Å². The second-order valence-electron chi connectivity index (χ2n) is 10.9. The molecule has 0 fully saturated rings. The number of carbonyl (C=O) groups excluding carboxylic acids is 5. The normalized spacial score (nSPS) is 25.6. The van der Waals surface area contributed by atoms with Gasteiger partial charge in [-0.25, -0.2) is 0 Å². The highest BCUT2D eigenvalue weighted by Gasteiger charge is 2.50. The summed E-state index contributed by atoms with van der Waals surface area (Å²) in [6.07, 6.45) is 5.63. The lowest BCUT2D eigenvalue weighted by Gasteiger charge is -2.33. The van der Waals surface area contributed by atoms with Crippen LogP contribution in [-0.2, 0) is 14.3 Å². The smallest absolute Gasteiger partial charge is 0.321 e. The predicted molar refractivity (Wildman–Crippen MR) is 146 cm³/mol. The van der Waals surface area contributed by atoms with Crippen molar-refractivity contribution in [3.63, 3.8) is 0 Å². The summed E-state index contributed by atoms with van der Waals surface area (Å²) < 4.78 is 5.79. The summed E-state index contributed by atoms with van der Waals surface area (Å²) in [4.78, 5) is 68.0. The van der Waals surface area contributed by atoms with E-state index in [9.17, 15) is 34.2 Å². The van der Waals surface area contributed by atoms with Crippen molar-refractivity contribution in [2.24, 2.45) is 11.3 Å². The minimum absolute atomic E-state index is 0.0332. The minimum Gasteiger partial charge on any atom is -0.507 e. The third-order valence-corrected chi connectivity index (χ3v) is 7.63. The SMILES string of the molecule is CC[C@H]1C=C[C@@H]([C@@H](O)C=C(C)C)OC(=O)[C@]2(C)C=CC(=O)NC3=C2C(=O)c2c(cc(C)c(O)c2C(=O)CC1)C3=O. The maximum atomic E-state index is 14.2. The Labute approximate surface area is 232 Å². The highest BCUT2D eigenvalue weighted by Crippen LogP contribution is 2.44. The van der Waals surface area contributed by atoms with Gasteiger partial charge in [-0.05, 0) is 64.2 Å². The van der Waals surface area contributed by atoms with Crippen molar-refractivity contribution < 1.29 is 38.9 Å². The molecule has 9 heteroatoms. The van der Waals surface area contributed by atoms with Crippen LogP contribution in [0, 0.1) is 18.3 Å². The fraction of sp³-hybridized carbons (Fsp3) is 0.387. The van der Waals surface area contributed by atoms with Gasteiger partial charge in [0.1, 0.15) is 23.4 Å². The van der Waals surface area contributed by atoms with Crippen LogP contribution in [0.3, 0.4) is 0 Å². The highest BCUT2D eigenvalue weighted by atomic mass is 16.6. The topological polar surface area (TPSA) is 147 Å². The monoisotopic (exact) mass is 547 g/mol. The standard InChI is InChI=1S/C31H33NO8/c1-6-17-7-9-19(33)24-23-18(14-16(4)27(24)36)28(37)26-25(29(23)38)31(5,12-11-22(35)32-26)30(39)40-21(10-8-17)20(34)13-15(2)3/h8,10-14,17,20-21,34,36H,6-7,9H2,1-5H3,(H,32,35)/t17-,20+,21+,31-/m1/s1. The molecule has 4 rings (SSSR count). The zero-order valence-electron chi connectivity index (χ0n) is 23.2. The molecule has 1 amide bonds. The largest absolute Gasteiger partial charge is 0.507 e. The van der Waals surface area contributed by atoms with E-state index in [-0.39, 0.29) is 40.2 Å². The number of carbonyl (C=O) groups is 5. The van der Waals surface area contributed by atoms with E-state index >= 15 is 0 Å². The number of phenolic OH excluding ortho intramolecular Hbond substituents is 1. The molecule has 0 spiro atoms. The van der Waals surface area contributed by atoms with Gasteiger partial charge in [-0.2, -0.15) is 0 Å². The number of hydrogen-bond donors (Lipinski definition) is 3. The lowest BCUT2D eigenvalue weighted by molar-refractivity contribution is -0.157. The molecular weight excluding hydrogens is 514 g/mol. The Morgan fingerprint density at radius 2 is 1.85 bits per heavy atom. The first-order chi connectivity index (χ1) is 18.8. The van der Waals surface area contributed by atoms with Crippen LogP contribution in [0.1, 0.15) is 83.6 Å². The quantitative estimate of drug-likeness (QED) is 0.382. The maximum Gasteiger partial charge on any atom is 0.321 e. The first kappa shape index (κ1) is 28.9. The zero-order valence-corrected chi connectivity index (χ0v) is 23.2. The summed E-state index contributed by atoms with van der Waals surface area (Å²) in [6, 6.07) is 1.30. The number of Topliss-reactive ketones (excluding diaryl/α,β-unsaturated/α-hetero) is 3. The summed E-state index contributed by atoms with van der Waals surface area (Å²) in [7, 11) is 0. The average Bonchev–Trinajstić information content (AvgIpc) is 3.03. The molecule has 4 atom stereocenters. The predicted octanol–water partition coefficient (Wildman–Crippen LogP) is 3.82. The van der Waals surface area contributed by atoms with Gasteiger partial charge in [-0.1, -0.05) is 30.7 Å². The van der Waals surface area contributed by atoms with Gasteiger partial charge < -0.3 is 20.3 Å². The number of phenols is 1. The van der Waals surface area contributed by atoms with Crippen molar-refractivity contribution in [3.8, 4) is 5.75 Å². The molecule has 1 aromatic carbocycles. The number of ketones is 3. The number of aromatic hydroxyl groups is 1. The van der Waals surface area contributed by atoms with Gasteiger partial charge in [-0.3, -0.25) is 24.0 Å². The number of allylic oxidation sites excluding steroid dienone is 3. The molecule has 1 aromatic rings. The van der Waals surface area contributed by atoms with Crippen LogP contribution in [-0.4, -0.2) is 51.6 Å². The van der Waals surface area contributed by atoms with E-state index in [1.54, 1.807) is 26.0 Å². The van der Waals surface area contributed by atoms with Crippen molar-refractivity contribution >= 4 is 29.2 Å². The van der Waals surface area contributed by atoms with Gasteiger partial charge >= 0.3 is 5.97 Å². The molecule has 0 radical (unpaired) electrons. The number of amides is 1. The van der Waals surface area contributed by atoms with Crippen molar-refractivity contribution in [2.75, 3.05) is 0 Å². The summed E-state index contributed by atoms with van der Waals surface area (Å²) in [5, 5.41) is 24.2. The number of cyclic esters (lactones) is 1. The number of hydrogen-bond acceptors (Lipinski definition) is 8. The Morgan fingerprint density at radius 1 is 1.15 bits per heavy atom. The Bertz CT molecular complexity index is 1460.